The van der Waals surface area contributed by atoms with Crippen LogP contribution in [0, 0.1) is 0 Å². The van der Waals surface area contributed by atoms with Crippen molar-refractivity contribution in [2.45, 2.75) is 46.6 Å². The van der Waals surface area contributed by atoms with Gasteiger partial charge in [-0.05, 0) is 12.8 Å². The summed E-state index contributed by atoms with van der Waals surface area (Å²) in [6.45, 7) is 9.37. The van der Waals surface area contributed by atoms with Gasteiger partial charge in [0.25, 0.3) is 0 Å². The molecule has 0 aliphatic carbocycles. The van der Waals surface area contributed by atoms with Crippen LogP contribution in [0.3, 0.4) is 0 Å². The van der Waals surface area contributed by atoms with E-state index in [1.807, 2.05) is 0 Å². The molecule has 0 amide bonds. The number of nitrogen functional groups attached to an aromatic ring is 1. The molecule has 1 rings (SSSR count). The van der Waals surface area contributed by atoms with E-state index in [4.69, 9.17) is 5.73 Å². The van der Waals surface area contributed by atoms with Gasteiger partial charge in [0.05, 0.1) is 5.69 Å². The second-order valence-corrected chi connectivity index (χ2v) is 3.55. The Bertz CT molecular complexity index is 287. The fourth-order valence-electron chi connectivity index (χ4n) is 1.58. The lowest BCUT2D eigenvalue weighted by atomic mass is 10.1. The molecule has 0 spiro atoms. The summed E-state index contributed by atoms with van der Waals surface area (Å²) in [5, 5.41) is 0. The van der Waals surface area contributed by atoms with Gasteiger partial charge >= 0.3 is 0 Å². The van der Waals surface area contributed by atoms with Crippen molar-refractivity contribution in [3.63, 3.8) is 0 Å². The van der Waals surface area contributed by atoms with E-state index in [0.717, 1.165) is 30.3 Å². The number of nitrogens with two attached hydrogens (primary N) is 1. The standard InChI is InChI=1S/C10H19N3/c1-5-8-12-9(7(3)4)10(11)13(8)6-2/h7H,5-6,11H2,1-4H3. The molecule has 3 nitrogen and oxygen atoms in total. The Morgan fingerprint density at radius 2 is 2.00 bits per heavy atom. The summed E-state index contributed by atoms with van der Waals surface area (Å²) in [5.74, 6) is 2.36. The van der Waals surface area contributed by atoms with E-state index >= 15 is 0 Å². The van der Waals surface area contributed by atoms with Crippen LogP contribution in [0.1, 0.15) is 45.1 Å². The van der Waals surface area contributed by atoms with Crippen molar-refractivity contribution in [2.75, 3.05) is 5.73 Å². The normalized spacial score (nSPS) is 11.2. The quantitative estimate of drug-likeness (QED) is 0.776. The largest absolute Gasteiger partial charge is 0.384 e. The first-order chi connectivity index (χ1) is 6.11. The molecular formula is C10H19N3. The van der Waals surface area contributed by atoms with Gasteiger partial charge in [-0.25, -0.2) is 4.98 Å². The second-order valence-electron chi connectivity index (χ2n) is 3.55. The molecule has 0 radical (unpaired) electrons. The zero-order valence-corrected chi connectivity index (χ0v) is 8.96. The summed E-state index contributed by atoms with van der Waals surface area (Å²) >= 11 is 0. The Balaban J connectivity index is 3.18. The molecule has 1 heterocycles. The monoisotopic (exact) mass is 181 g/mol. The first-order valence-electron chi connectivity index (χ1n) is 4.96. The number of rotatable bonds is 3. The topological polar surface area (TPSA) is 43.8 Å². The molecule has 3 heteroatoms. The van der Waals surface area contributed by atoms with Gasteiger partial charge < -0.3 is 10.3 Å². The van der Waals surface area contributed by atoms with Gasteiger partial charge in [0.15, 0.2) is 0 Å². The van der Waals surface area contributed by atoms with Crippen LogP contribution in [-0.4, -0.2) is 9.55 Å². The van der Waals surface area contributed by atoms with E-state index in [2.05, 4.69) is 37.2 Å². The lowest BCUT2D eigenvalue weighted by Crippen LogP contribution is -2.05. The smallest absolute Gasteiger partial charge is 0.127 e. The molecule has 0 bridgehead atoms. The summed E-state index contributed by atoms with van der Waals surface area (Å²) in [6, 6.07) is 0. The van der Waals surface area contributed by atoms with Crippen molar-refractivity contribution in [1.29, 1.82) is 0 Å². The fourth-order valence-corrected chi connectivity index (χ4v) is 1.58. The Labute approximate surface area is 80.0 Å². The minimum Gasteiger partial charge on any atom is -0.384 e. The second kappa shape index (κ2) is 3.81. The molecule has 0 aromatic carbocycles. The maximum Gasteiger partial charge on any atom is 0.127 e. The average Bonchev–Trinajstić information content (AvgIpc) is 2.41. The van der Waals surface area contributed by atoms with E-state index in [1.54, 1.807) is 0 Å². The van der Waals surface area contributed by atoms with Crippen molar-refractivity contribution < 1.29 is 0 Å². The van der Waals surface area contributed by atoms with Gasteiger partial charge in [-0.2, -0.15) is 0 Å². The third kappa shape index (κ3) is 1.69. The van der Waals surface area contributed by atoms with Gasteiger partial charge in [-0.1, -0.05) is 20.8 Å². The van der Waals surface area contributed by atoms with Crippen LogP contribution in [0.5, 0.6) is 0 Å². The number of nitrogens with zero attached hydrogens (tertiary/aromatic N) is 2. The summed E-state index contributed by atoms with van der Waals surface area (Å²) in [4.78, 5) is 4.54. The van der Waals surface area contributed by atoms with Gasteiger partial charge in [0.2, 0.25) is 0 Å². The van der Waals surface area contributed by atoms with Crippen LogP contribution >= 0.6 is 0 Å². The molecule has 1 aromatic rings. The van der Waals surface area contributed by atoms with E-state index < -0.39 is 0 Å². The van der Waals surface area contributed by atoms with Crippen molar-refractivity contribution in [3.05, 3.63) is 11.5 Å². The Morgan fingerprint density at radius 1 is 1.38 bits per heavy atom. The Hall–Kier alpha value is -0.990. The van der Waals surface area contributed by atoms with Crippen LogP contribution in [-0.2, 0) is 13.0 Å². The highest BCUT2D eigenvalue weighted by molar-refractivity contribution is 5.40. The molecule has 0 atom stereocenters. The number of aryl methyl sites for hydroxylation is 1. The van der Waals surface area contributed by atoms with Crippen LogP contribution in [0.25, 0.3) is 0 Å². The lowest BCUT2D eigenvalue weighted by Gasteiger charge is -2.05. The van der Waals surface area contributed by atoms with Gasteiger partial charge in [0, 0.05) is 13.0 Å². The minimum atomic E-state index is 0.415. The highest BCUT2D eigenvalue weighted by Gasteiger charge is 2.14. The third-order valence-corrected chi connectivity index (χ3v) is 2.29. The van der Waals surface area contributed by atoms with E-state index in [0.29, 0.717) is 5.92 Å². The van der Waals surface area contributed by atoms with Crippen molar-refractivity contribution in [3.8, 4) is 0 Å². The van der Waals surface area contributed by atoms with Crippen molar-refractivity contribution >= 4 is 5.82 Å². The third-order valence-electron chi connectivity index (χ3n) is 2.29. The average molecular weight is 181 g/mol. The fraction of sp³-hybridized carbons (Fsp3) is 0.700. The predicted octanol–water partition coefficient (Wildman–Crippen LogP) is 2.17. The Kier molecular flexibility index (Phi) is 2.96. The molecule has 1 aromatic heterocycles. The van der Waals surface area contributed by atoms with Gasteiger partial charge in [0.1, 0.15) is 11.6 Å². The molecule has 2 N–H and O–H groups in total. The van der Waals surface area contributed by atoms with Crippen molar-refractivity contribution in [1.82, 2.24) is 9.55 Å². The Morgan fingerprint density at radius 3 is 2.31 bits per heavy atom. The van der Waals surface area contributed by atoms with Crippen LogP contribution < -0.4 is 5.73 Å². The highest BCUT2D eigenvalue weighted by atomic mass is 15.1. The SMILES string of the molecule is CCc1nc(C(C)C)c(N)n1CC. The molecule has 0 aliphatic heterocycles. The number of imidazole rings is 1. The lowest BCUT2D eigenvalue weighted by molar-refractivity contribution is 0.713. The first-order valence-corrected chi connectivity index (χ1v) is 4.96. The van der Waals surface area contributed by atoms with E-state index in [1.165, 1.54) is 0 Å². The van der Waals surface area contributed by atoms with E-state index in [9.17, 15) is 0 Å². The molecular weight excluding hydrogens is 162 g/mol. The number of aromatic nitrogens is 2. The molecule has 0 saturated heterocycles. The molecule has 74 valence electrons. The zero-order valence-electron chi connectivity index (χ0n) is 8.96. The summed E-state index contributed by atoms with van der Waals surface area (Å²) in [5.41, 5.74) is 7.03. The maximum absolute atomic E-state index is 5.99. The van der Waals surface area contributed by atoms with Crippen LogP contribution in [0.4, 0.5) is 5.82 Å². The minimum absolute atomic E-state index is 0.415. The molecule has 13 heavy (non-hydrogen) atoms. The van der Waals surface area contributed by atoms with Gasteiger partial charge in [-0.3, -0.25) is 0 Å². The van der Waals surface area contributed by atoms with Crippen molar-refractivity contribution in [2.24, 2.45) is 0 Å². The maximum atomic E-state index is 5.99. The summed E-state index contributed by atoms with van der Waals surface area (Å²) in [6.07, 6.45) is 0.949. The molecule has 0 saturated carbocycles. The predicted molar refractivity (Wildman–Crippen MR) is 55.8 cm³/mol. The molecule has 0 fully saturated rings. The summed E-state index contributed by atoms with van der Waals surface area (Å²) < 4.78 is 2.09. The number of hydrogen-bond acceptors (Lipinski definition) is 2. The molecule has 0 aliphatic rings. The van der Waals surface area contributed by atoms with E-state index in [-0.39, 0.29) is 0 Å². The molecule has 0 unspecified atom stereocenters. The van der Waals surface area contributed by atoms with Crippen LogP contribution in [0.2, 0.25) is 0 Å². The highest BCUT2D eigenvalue weighted by Crippen LogP contribution is 2.22. The van der Waals surface area contributed by atoms with Crippen LogP contribution in [0.15, 0.2) is 0 Å². The first kappa shape index (κ1) is 10.1. The number of hydrogen-bond donors (Lipinski definition) is 1. The summed E-state index contributed by atoms with van der Waals surface area (Å²) in [7, 11) is 0. The number of anilines is 1. The zero-order chi connectivity index (χ0) is 10.0. The van der Waals surface area contributed by atoms with Gasteiger partial charge in [-0.15, -0.1) is 0 Å².